The van der Waals surface area contributed by atoms with Gasteiger partial charge in [0.25, 0.3) is 0 Å². The number of hydrogen-bond acceptors (Lipinski definition) is 7. The standard InChI is InChI=1S/C28H23F3N2O5/c1-35-23-9-7-22(8-10-23)33-25(19-5-12-26-27(15-19)37-17-36-26)11-6-21(32-33)13-20(16-34)18-3-2-4-24(14-18)38-28(29,30)31/h2-5,7-12,14-16,20H,6,13,17H2,1H3. The molecule has 2 aliphatic rings. The molecular weight excluding hydrogens is 501 g/mol. The molecule has 0 spiro atoms. The molecule has 5 rings (SSSR count). The minimum Gasteiger partial charge on any atom is -0.497 e. The Morgan fingerprint density at radius 3 is 2.55 bits per heavy atom. The van der Waals surface area contributed by atoms with Crippen molar-refractivity contribution in [3.05, 3.63) is 83.9 Å². The summed E-state index contributed by atoms with van der Waals surface area (Å²) in [5, 5.41) is 6.62. The Morgan fingerprint density at radius 2 is 1.82 bits per heavy atom. The maximum atomic E-state index is 12.7. The predicted octanol–water partition coefficient (Wildman–Crippen LogP) is 6.30. The van der Waals surface area contributed by atoms with E-state index in [0.29, 0.717) is 41.2 Å². The smallest absolute Gasteiger partial charge is 0.497 e. The summed E-state index contributed by atoms with van der Waals surface area (Å²) in [6.07, 6.45) is -1.45. The molecule has 0 aromatic heterocycles. The van der Waals surface area contributed by atoms with Gasteiger partial charge in [0.05, 0.1) is 18.5 Å². The summed E-state index contributed by atoms with van der Waals surface area (Å²) in [7, 11) is 1.58. The summed E-state index contributed by atoms with van der Waals surface area (Å²) in [5.41, 5.74) is 3.52. The van der Waals surface area contributed by atoms with Crippen LogP contribution in [0.15, 0.2) is 77.9 Å². The van der Waals surface area contributed by atoms with Crippen LogP contribution < -0.4 is 24.0 Å². The van der Waals surface area contributed by atoms with Gasteiger partial charge in [0.1, 0.15) is 17.8 Å². The molecule has 3 aromatic carbocycles. The van der Waals surface area contributed by atoms with E-state index in [1.165, 1.54) is 18.2 Å². The van der Waals surface area contributed by atoms with E-state index in [9.17, 15) is 18.0 Å². The number of alkyl halides is 3. The van der Waals surface area contributed by atoms with E-state index in [2.05, 4.69) is 4.74 Å². The van der Waals surface area contributed by atoms with Crippen LogP contribution >= 0.6 is 0 Å². The van der Waals surface area contributed by atoms with Crippen LogP contribution in [-0.4, -0.2) is 32.3 Å². The molecular formula is C28H23F3N2O5. The predicted molar refractivity (Wildman–Crippen MR) is 135 cm³/mol. The van der Waals surface area contributed by atoms with Crippen molar-refractivity contribution in [3.63, 3.8) is 0 Å². The van der Waals surface area contributed by atoms with Gasteiger partial charge in [-0.1, -0.05) is 18.2 Å². The molecule has 0 saturated heterocycles. The summed E-state index contributed by atoms with van der Waals surface area (Å²) in [6.45, 7) is 0.157. The second kappa shape index (κ2) is 10.5. The third-order valence-corrected chi connectivity index (χ3v) is 6.13. The average Bonchev–Trinajstić information content (AvgIpc) is 3.39. The summed E-state index contributed by atoms with van der Waals surface area (Å²) < 4.78 is 58.3. The van der Waals surface area contributed by atoms with E-state index in [0.717, 1.165) is 16.9 Å². The number of hydrogen-bond donors (Lipinski definition) is 0. The maximum absolute atomic E-state index is 12.7. The lowest BCUT2D eigenvalue weighted by Crippen LogP contribution is -2.23. The number of hydrazone groups is 1. The Morgan fingerprint density at radius 1 is 1.03 bits per heavy atom. The molecule has 7 nitrogen and oxygen atoms in total. The fourth-order valence-corrected chi connectivity index (χ4v) is 4.32. The molecule has 0 N–H and O–H groups in total. The van der Waals surface area contributed by atoms with Gasteiger partial charge in [-0.05, 0) is 60.2 Å². The van der Waals surface area contributed by atoms with Crippen LogP contribution in [-0.2, 0) is 4.79 Å². The van der Waals surface area contributed by atoms with Crippen LogP contribution in [0.25, 0.3) is 5.70 Å². The first-order chi connectivity index (χ1) is 18.3. The minimum atomic E-state index is -4.82. The van der Waals surface area contributed by atoms with Gasteiger partial charge in [-0.15, -0.1) is 13.2 Å². The second-order valence-electron chi connectivity index (χ2n) is 8.60. The molecule has 0 saturated carbocycles. The van der Waals surface area contributed by atoms with Crippen molar-refractivity contribution < 1.29 is 36.9 Å². The van der Waals surface area contributed by atoms with Crippen molar-refractivity contribution in [2.24, 2.45) is 5.10 Å². The third-order valence-electron chi connectivity index (χ3n) is 6.13. The zero-order chi connectivity index (χ0) is 26.7. The molecule has 2 aliphatic heterocycles. The van der Waals surface area contributed by atoms with Crippen molar-refractivity contribution in [1.29, 1.82) is 0 Å². The van der Waals surface area contributed by atoms with Crippen molar-refractivity contribution in [2.75, 3.05) is 18.9 Å². The van der Waals surface area contributed by atoms with E-state index < -0.39 is 12.3 Å². The number of aldehydes is 1. The highest BCUT2D eigenvalue weighted by Crippen LogP contribution is 2.38. The number of ether oxygens (including phenoxy) is 4. The summed E-state index contributed by atoms with van der Waals surface area (Å²) in [6, 6.07) is 18.4. The third kappa shape index (κ3) is 5.59. The maximum Gasteiger partial charge on any atom is 0.573 e. The number of rotatable bonds is 8. The molecule has 0 bridgehead atoms. The molecule has 38 heavy (non-hydrogen) atoms. The van der Waals surface area contributed by atoms with Crippen molar-refractivity contribution in [1.82, 2.24) is 0 Å². The number of nitrogens with zero attached hydrogens (tertiary/aromatic N) is 2. The molecule has 1 atom stereocenters. The molecule has 0 aliphatic carbocycles. The average molecular weight is 524 g/mol. The van der Waals surface area contributed by atoms with Crippen LogP contribution in [0.3, 0.4) is 0 Å². The van der Waals surface area contributed by atoms with Gasteiger partial charge in [0, 0.05) is 30.0 Å². The van der Waals surface area contributed by atoms with Crippen molar-refractivity contribution in [2.45, 2.75) is 25.1 Å². The van der Waals surface area contributed by atoms with Crippen LogP contribution in [0.2, 0.25) is 0 Å². The Kier molecular flexibility index (Phi) is 6.95. The Hall–Kier alpha value is -4.47. The van der Waals surface area contributed by atoms with E-state index in [1.54, 1.807) is 18.2 Å². The molecule has 0 amide bonds. The van der Waals surface area contributed by atoms with Crippen molar-refractivity contribution >= 4 is 23.4 Å². The lowest BCUT2D eigenvalue weighted by Gasteiger charge is -2.28. The minimum absolute atomic E-state index is 0.157. The zero-order valence-electron chi connectivity index (χ0n) is 20.3. The van der Waals surface area contributed by atoms with E-state index >= 15 is 0 Å². The van der Waals surface area contributed by atoms with Gasteiger partial charge >= 0.3 is 6.36 Å². The number of anilines is 1. The van der Waals surface area contributed by atoms with Crippen LogP contribution in [0.1, 0.15) is 29.9 Å². The fraction of sp³-hybridized carbons (Fsp3) is 0.214. The van der Waals surface area contributed by atoms with Crippen molar-refractivity contribution in [3.8, 4) is 23.0 Å². The van der Waals surface area contributed by atoms with Gasteiger partial charge in [-0.25, -0.2) is 5.01 Å². The molecule has 196 valence electrons. The normalized spacial score (nSPS) is 15.4. The number of benzene rings is 3. The Bertz CT molecular complexity index is 1390. The number of carbonyl (C=O) groups excluding carboxylic acids is 1. The Balaban J connectivity index is 1.44. The lowest BCUT2D eigenvalue weighted by molar-refractivity contribution is -0.274. The van der Waals surface area contributed by atoms with Crippen LogP contribution in [0.5, 0.6) is 23.0 Å². The topological polar surface area (TPSA) is 69.6 Å². The zero-order valence-corrected chi connectivity index (χ0v) is 20.3. The first-order valence-electron chi connectivity index (χ1n) is 11.7. The lowest BCUT2D eigenvalue weighted by atomic mass is 9.93. The highest BCUT2D eigenvalue weighted by molar-refractivity contribution is 5.96. The highest BCUT2D eigenvalue weighted by Gasteiger charge is 2.31. The Labute approximate surface area is 216 Å². The van der Waals surface area contributed by atoms with E-state index in [1.807, 2.05) is 48.5 Å². The molecule has 0 fully saturated rings. The van der Waals surface area contributed by atoms with E-state index in [4.69, 9.17) is 19.3 Å². The van der Waals surface area contributed by atoms with Gasteiger partial charge < -0.3 is 23.7 Å². The monoisotopic (exact) mass is 524 g/mol. The molecule has 3 aromatic rings. The number of halogens is 3. The molecule has 2 heterocycles. The summed E-state index contributed by atoms with van der Waals surface area (Å²) in [5.74, 6) is 0.900. The quantitative estimate of drug-likeness (QED) is 0.322. The number of carbonyl (C=O) groups is 1. The number of allylic oxidation sites excluding steroid dienone is 1. The fourth-order valence-electron chi connectivity index (χ4n) is 4.32. The van der Waals surface area contributed by atoms with Gasteiger partial charge in [0.2, 0.25) is 6.79 Å². The number of fused-ring (bicyclic) bond motifs is 1. The van der Waals surface area contributed by atoms with Crippen LogP contribution in [0.4, 0.5) is 18.9 Å². The molecule has 10 heteroatoms. The number of methoxy groups -OCH3 is 1. The van der Waals surface area contributed by atoms with Gasteiger partial charge in [-0.2, -0.15) is 5.10 Å². The molecule has 1 unspecified atom stereocenters. The largest absolute Gasteiger partial charge is 0.573 e. The highest BCUT2D eigenvalue weighted by atomic mass is 19.4. The molecule has 0 radical (unpaired) electrons. The van der Waals surface area contributed by atoms with Gasteiger partial charge in [0.15, 0.2) is 11.5 Å². The second-order valence-corrected chi connectivity index (χ2v) is 8.60. The summed E-state index contributed by atoms with van der Waals surface area (Å²) >= 11 is 0. The van der Waals surface area contributed by atoms with E-state index in [-0.39, 0.29) is 19.0 Å². The first kappa shape index (κ1) is 25.2. The van der Waals surface area contributed by atoms with Gasteiger partial charge in [-0.3, -0.25) is 0 Å². The van der Waals surface area contributed by atoms with Crippen LogP contribution in [0, 0.1) is 0 Å². The summed E-state index contributed by atoms with van der Waals surface area (Å²) in [4.78, 5) is 12.0. The first-order valence-corrected chi connectivity index (χ1v) is 11.7. The SMILES string of the molecule is COc1ccc(N2N=C(CC(C=O)c3cccc(OC(F)(F)F)c3)CC=C2c2ccc3c(c2)OCO3)cc1.